The third-order valence-corrected chi connectivity index (χ3v) is 4.19. The molecule has 1 aromatic heterocycles. The molecule has 2 aromatic rings. The summed E-state index contributed by atoms with van der Waals surface area (Å²) in [5.74, 6) is 0.162. The Morgan fingerprint density at radius 3 is 2.58 bits per heavy atom. The van der Waals surface area contributed by atoms with E-state index in [-0.39, 0.29) is 5.91 Å². The highest BCUT2D eigenvalue weighted by Crippen LogP contribution is 2.24. The van der Waals surface area contributed by atoms with Gasteiger partial charge in [0.1, 0.15) is 5.69 Å². The molecule has 0 atom stereocenters. The Hall–Kier alpha value is -2.40. The highest BCUT2D eigenvalue weighted by Gasteiger charge is 2.14. The smallest absolute Gasteiger partial charge is 0.274 e. The summed E-state index contributed by atoms with van der Waals surface area (Å²) in [6.45, 7) is 7.40. The molecule has 0 radical (unpaired) electrons. The van der Waals surface area contributed by atoms with Gasteiger partial charge in [0.05, 0.1) is 25.1 Å². The van der Waals surface area contributed by atoms with Crippen molar-refractivity contribution in [2.75, 3.05) is 36.5 Å². The van der Waals surface area contributed by atoms with Crippen LogP contribution in [0.2, 0.25) is 0 Å². The minimum absolute atomic E-state index is 0.184. The van der Waals surface area contributed by atoms with Gasteiger partial charge in [0.15, 0.2) is 0 Å². The molecule has 1 aliphatic heterocycles. The lowest BCUT2D eigenvalue weighted by molar-refractivity contribution is 0.102. The average Bonchev–Trinajstić information content (AvgIpc) is 2.63. The van der Waals surface area contributed by atoms with Gasteiger partial charge in [-0.05, 0) is 29.7 Å². The van der Waals surface area contributed by atoms with Crippen molar-refractivity contribution in [3.8, 4) is 0 Å². The van der Waals surface area contributed by atoms with E-state index in [0.29, 0.717) is 11.6 Å². The molecule has 1 amide bonds. The molecule has 3 rings (SSSR count). The molecule has 1 saturated heterocycles. The molecule has 1 N–H and O–H groups in total. The van der Waals surface area contributed by atoms with Crippen LogP contribution < -0.4 is 10.2 Å². The molecule has 1 aromatic carbocycles. The second kappa shape index (κ2) is 7.45. The average molecular weight is 325 g/mol. The number of hydrogen-bond donors (Lipinski definition) is 1. The minimum atomic E-state index is -0.184. The summed E-state index contributed by atoms with van der Waals surface area (Å²) >= 11 is 0. The second-order valence-corrected chi connectivity index (χ2v) is 6.20. The standard InChI is InChI=1S/C19H23N3O2/c1-14(2)16-5-3-4-6-17(16)21-19(23)18-8-7-15(13-20-18)22-9-11-24-12-10-22/h3-8,13-14H,9-12H2,1-2H3,(H,21,23). The van der Waals surface area contributed by atoms with Crippen LogP contribution in [0.15, 0.2) is 42.6 Å². The molecule has 5 nitrogen and oxygen atoms in total. The molecule has 1 fully saturated rings. The summed E-state index contributed by atoms with van der Waals surface area (Å²) < 4.78 is 5.35. The van der Waals surface area contributed by atoms with Crippen molar-refractivity contribution in [3.63, 3.8) is 0 Å². The van der Waals surface area contributed by atoms with Crippen LogP contribution >= 0.6 is 0 Å². The first-order valence-electron chi connectivity index (χ1n) is 8.34. The molecular weight excluding hydrogens is 302 g/mol. The molecule has 24 heavy (non-hydrogen) atoms. The molecule has 0 spiro atoms. The number of benzene rings is 1. The van der Waals surface area contributed by atoms with Gasteiger partial charge in [-0.25, -0.2) is 4.98 Å². The second-order valence-electron chi connectivity index (χ2n) is 6.20. The van der Waals surface area contributed by atoms with E-state index in [1.807, 2.05) is 30.3 Å². The number of carbonyl (C=O) groups excluding carboxylic acids is 1. The van der Waals surface area contributed by atoms with Crippen molar-refractivity contribution >= 4 is 17.3 Å². The largest absolute Gasteiger partial charge is 0.378 e. The molecular formula is C19H23N3O2. The highest BCUT2D eigenvalue weighted by molar-refractivity contribution is 6.03. The number of nitrogens with zero attached hydrogens (tertiary/aromatic N) is 2. The molecule has 126 valence electrons. The third-order valence-electron chi connectivity index (χ3n) is 4.19. The van der Waals surface area contributed by atoms with Gasteiger partial charge < -0.3 is 15.0 Å². The Morgan fingerprint density at radius 2 is 1.92 bits per heavy atom. The van der Waals surface area contributed by atoms with E-state index >= 15 is 0 Å². The minimum Gasteiger partial charge on any atom is -0.378 e. The van der Waals surface area contributed by atoms with Gasteiger partial charge in [0, 0.05) is 18.8 Å². The van der Waals surface area contributed by atoms with Gasteiger partial charge in [-0.3, -0.25) is 4.79 Å². The number of ether oxygens (including phenoxy) is 1. The molecule has 5 heteroatoms. The van der Waals surface area contributed by atoms with Crippen molar-refractivity contribution in [2.24, 2.45) is 0 Å². The van der Waals surface area contributed by atoms with Crippen molar-refractivity contribution in [2.45, 2.75) is 19.8 Å². The van der Waals surface area contributed by atoms with Crippen molar-refractivity contribution in [1.82, 2.24) is 4.98 Å². The molecule has 0 unspecified atom stereocenters. The van der Waals surface area contributed by atoms with Crippen molar-refractivity contribution in [1.29, 1.82) is 0 Å². The monoisotopic (exact) mass is 325 g/mol. The Morgan fingerprint density at radius 1 is 1.17 bits per heavy atom. The van der Waals surface area contributed by atoms with Crippen LogP contribution in [0, 0.1) is 0 Å². The summed E-state index contributed by atoms with van der Waals surface area (Å²) in [6, 6.07) is 11.6. The van der Waals surface area contributed by atoms with Crippen molar-refractivity contribution < 1.29 is 9.53 Å². The predicted octanol–water partition coefficient (Wildman–Crippen LogP) is 3.29. The van der Waals surface area contributed by atoms with Crippen LogP contribution in [0.5, 0.6) is 0 Å². The predicted molar refractivity (Wildman–Crippen MR) is 95.8 cm³/mol. The van der Waals surface area contributed by atoms with Crippen LogP contribution in [0.1, 0.15) is 35.8 Å². The van der Waals surface area contributed by atoms with E-state index in [2.05, 4.69) is 29.0 Å². The Labute approximate surface area is 142 Å². The van der Waals surface area contributed by atoms with Gasteiger partial charge >= 0.3 is 0 Å². The fraction of sp³-hybridized carbons (Fsp3) is 0.368. The lowest BCUT2D eigenvalue weighted by Gasteiger charge is -2.28. The number of nitrogens with one attached hydrogen (secondary N) is 1. The van der Waals surface area contributed by atoms with E-state index in [4.69, 9.17) is 4.74 Å². The first-order valence-corrected chi connectivity index (χ1v) is 8.34. The quantitative estimate of drug-likeness (QED) is 0.937. The SMILES string of the molecule is CC(C)c1ccccc1NC(=O)c1ccc(N2CCOCC2)cn1. The first-order chi connectivity index (χ1) is 11.6. The zero-order valence-electron chi connectivity index (χ0n) is 14.2. The van der Waals surface area contributed by atoms with Crippen LogP contribution in [0.4, 0.5) is 11.4 Å². The molecule has 0 saturated carbocycles. The normalized spacial score (nSPS) is 14.7. The van der Waals surface area contributed by atoms with Gasteiger partial charge in [0.2, 0.25) is 0 Å². The maximum absolute atomic E-state index is 12.5. The molecule has 1 aliphatic rings. The summed E-state index contributed by atoms with van der Waals surface area (Å²) in [7, 11) is 0. The number of anilines is 2. The number of carbonyl (C=O) groups is 1. The summed E-state index contributed by atoms with van der Waals surface area (Å²) in [4.78, 5) is 19.0. The molecule has 2 heterocycles. The van der Waals surface area contributed by atoms with Crippen LogP contribution in [0.3, 0.4) is 0 Å². The van der Waals surface area contributed by atoms with Crippen molar-refractivity contribution in [3.05, 3.63) is 53.9 Å². The molecule has 0 bridgehead atoms. The first kappa shape index (κ1) is 16.5. The fourth-order valence-corrected chi connectivity index (χ4v) is 2.83. The van der Waals surface area contributed by atoms with E-state index < -0.39 is 0 Å². The Bertz CT molecular complexity index is 692. The number of amides is 1. The lowest BCUT2D eigenvalue weighted by Crippen LogP contribution is -2.36. The van der Waals surface area contributed by atoms with Gasteiger partial charge in [0.25, 0.3) is 5.91 Å². The number of pyridine rings is 1. The van der Waals surface area contributed by atoms with E-state index in [0.717, 1.165) is 43.2 Å². The number of rotatable bonds is 4. The van der Waals surface area contributed by atoms with Crippen LogP contribution in [0.25, 0.3) is 0 Å². The number of para-hydroxylation sites is 1. The number of aromatic nitrogens is 1. The summed E-state index contributed by atoms with van der Waals surface area (Å²) in [5, 5.41) is 2.97. The van der Waals surface area contributed by atoms with Gasteiger partial charge in [-0.1, -0.05) is 32.0 Å². The number of morpholine rings is 1. The Balaban J connectivity index is 1.71. The maximum atomic E-state index is 12.5. The van der Waals surface area contributed by atoms with E-state index in [9.17, 15) is 4.79 Å². The summed E-state index contributed by atoms with van der Waals surface area (Å²) in [5.41, 5.74) is 3.41. The fourth-order valence-electron chi connectivity index (χ4n) is 2.83. The zero-order valence-corrected chi connectivity index (χ0v) is 14.2. The van der Waals surface area contributed by atoms with Crippen LogP contribution in [-0.4, -0.2) is 37.2 Å². The van der Waals surface area contributed by atoms with Gasteiger partial charge in [-0.15, -0.1) is 0 Å². The van der Waals surface area contributed by atoms with E-state index in [1.165, 1.54) is 0 Å². The van der Waals surface area contributed by atoms with Gasteiger partial charge in [-0.2, -0.15) is 0 Å². The third kappa shape index (κ3) is 3.74. The number of hydrogen-bond acceptors (Lipinski definition) is 4. The Kier molecular flexibility index (Phi) is 5.11. The molecule has 0 aliphatic carbocycles. The topological polar surface area (TPSA) is 54.5 Å². The van der Waals surface area contributed by atoms with E-state index in [1.54, 1.807) is 12.3 Å². The highest BCUT2D eigenvalue weighted by atomic mass is 16.5. The van der Waals surface area contributed by atoms with Crippen LogP contribution in [-0.2, 0) is 4.74 Å². The summed E-state index contributed by atoms with van der Waals surface area (Å²) in [6.07, 6.45) is 1.76. The lowest BCUT2D eigenvalue weighted by atomic mass is 10.0. The maximum Gasteiger partial charge on any atom is 0.274 e. The zero-order chi connectivity index (χ0) is 16.9.